The van der Waals surface area contributed by atoms with Crippen molar-refractivity contribution < 1.29 is 10.0 Å². The third-order valence-electron chi connectivity index (χ3n) is 3.57. The number of aromatic nitrogens is 1. The number of benzene rings is 1. The van der Waals surface area contributed by atoms with Gasteiger partial charge in [-0.25, -0.2) is 0 Å². The maximum atomic E-state index is 11.1. The molecule has 1 N–H and O–H groups in total. The van der Waals surface area contributed by atoms with Crippen LogP contribution >= 0.6 is 0 Å². The minimum Gasteiger partial charge on any atom is -0.393 e. The maximum absolute atomic E-state index is 11.1. The summed E-state index contributed by atoms with van der Waals surface area (Å²) in [5, 5.41) is 21.6. The second kappa shape index (κ2) is 5.54. The molecule has 2 atom stereocenters. The van der Waals surface area contributed by atoms with Gasteiger partial charge in [0.2, 0.25) is 0 Å². The molecule has 1 heterocycles. The van der Waals surface area contributed by atoms with Crippen LogP contribution in [0.1, 0.15) is 32.3 Å². The average molecular weight is 274 g/mol. The molecule has 0 saturated carbocycles. The number of nitro benzene ring substituents is 1. The van der Waals surface area contributed by atoms with E-state index in [1.54, 1.807) is 31.3 Å². The Balaban J connectivity index is 2.73. The fourth-order valence-corrected chi connectivity index (χ4v) is 2.78. The zero-order chi connectivity index (χ0) is 14.9. The van der Waals surface area contributed by atoms with Gasteiger partial charge in [-0.3, -0.25) is 15.1 Å². The summed E-state index contributed by atoms with van der Waals surface area (Å²) in [5.41, 5.74) is 1.50. The number of rotatable bonds is 4. The minimum absolute atomic E-state index is 0.0462. The van der Waals surface area contributed by atoms with Crippen molar-refractivity contribution in [2.24, 2.45) is 5.92 Å². The van der Waals surface area contributed by atoms with Gasteiger partial charge in [0, 0.05) is 18.2 Å². The van der Waals surface area contributed by atoms with Gasteiger partial charge in [0.25, 0.3) is 5.69 Å². The molecule has 2 rings (SSSR count). The van der Waals surface area contributed by atoms with Crippen molar-refractivity contribution in [3.63, 3.8) is 0 Å². The highest BCUT2D eigenvalue weighted by atomic mass is 16.6. The Bertz CT molecular complexity index is 630. The summed E-state index contributed by atoms with van der Waals surface area (Å²) in [4.78, 5) is 15.0. The average Bonchev–Trinajstić information content (AvgIpc) is 2.37. The van der Waals surface area contributed by atoms with Gasteiger partial charge in [-0.2, -0.15) is 0 Å². The number of fused-ring (bicyclic) bond motifs is 1. The van der Waals surface area contributed by atoms with Crippen LogP contribution in [0.15, 0.2) is 30.5 Å². The van der Waals surface area contributed by atoms with Crippen LogP contribution in [0.2, 0.25) is 0 Å². The van der Waals surface area contributed by atoms with Crippen molar-refractivity contribution in [3.05, 3.63) is 46.1 Å². The summed E-state index contributed by atoms with van der Waals surface area (Å²) in [5.74, 6) is 0.106. The molecule has 106 valence electrons. The summed E-state index contributed by atoms with van der Waals surface area (Å²) in [6.45, 7) is 5.78. The van der Waals surface area contributed by atoms with Gasteiger partial charge < -0.3 is 5.11 Å². The van der Waals surface area contributed by atoms with Crippen LogP contribution in [-0.2, 0) is 0 Å². The molecule has 0 saturated heterocycles. The molecule has 20 heavy (non-hydrogen) atoms. The Morgan fingerprint density at radius 2 is 1.95 bits per heavy atom. The molecule has 0 aliphatic carbocycles. The fourth-order valence-electron chi connectivity index (χ4n) is 2.78. The van der Waals surface area contributed by atoms with Gasteiger partial charge in [0.05, 0.1) is 21.9 Å². The van der Waals surface area contributed by atoms with E-state index in [0.29, 0.717) is 10.9 Å². The second-order valence-electron chi connectivity index (χ2n) is 5.34. The number of nitro groups is 1. The van der Waals surface area contributed by atoms with Crippen LogP contribution < -0.4 is 0 Å². The minimum atomic E-state index is -0.540. The predicted molar refractivity (Wildman–Crippen MR) is 77.7 cm³/mol. The fraction of sp³-hybridized carbons (Fsp3) is 0.400. The molecule has 0 aliphatic rings. The Kier molecular flexibility index (Phi) is 3.99. The molecule has 0 fully saturated rings. The number of non-ortho nitro benzene ring substituents is 1. The maximum Gasteiger partial charge on any atom is 0.278 e. The van der Waals surface area contributed by atoms with Crippen molar-refractivity contribution in [2.75, 3.05) is 0 Å². The van der Waals surface area contributed by atoms with E-state index in [9.17, 15) is 15.2 Å². The number of hydrogen-bond acceptors (Lipinski definition) is 4. The molecule has 2 unspecified atom stereocenters. The highest BCUT2D eigenvalue weighted by molar-refractivity contribution is 5.90. The van der Waals surface area contributed by atoms with E-state index in [1.807, 2.05) is 13.8 Å². The van der Waals surface area contributed by atoms with E-state index in [1.165, 1.54) is 6.07 Å². The second-order valence-corrected chi connectivity index (χ2v) is 5.34. The van der Waals surface area contributed by atoms with E-state index in [2.05, 4.69) is 4.98 Å². The molecule has 0 aliphatic heterocycles. The van der Waals surface area contributed by atoms with Crippen molar-refractivity contribution in [2.45, 2.75) is 32.8 Å². The number of aliphatic hydroxyl groups excluding tert-OH is 1. The quantitative estimate of drug-likeness (QED) is 0.685. The first-order valence-corrected chi connectivity index (χ1v) is 6.63. The molecular formula is C15H18N2O3. The zero-order valence-corrected chi connectivity index (χ0v) is 11.8. The molecular weight excluding hydrogens is 256 g/mol. The highest BCUT2D eigenvalue weighted by Gasteiger charge is 2.25. The van der Waals surface area contributed by atoms with E-state index in [4.69, 9.17) is 0 Å². The van der Waals surface area contributed by atoms with Crippen molar-refractivity contribution in [3.8, 4) is 0 Å². The number of pyridine rings is 1. The molecule has 0 spiro atoms. The van der Waals surface area contributed by atoms with Crippen LogP contribution in [0.3, 0.4) is 0 Å². The molecule has 0 bridgehead atoms. The smallest absolute Gasteiger partial charge is 0.278 e. The first-order chi connectivity index (χ1) is 9.43. The Morgan fingerprint density at radius 1 is 1.25 bits per heavy atom. The van der Waals surface area contributed by atoms with Crippen molar-refractivity contribution >= 4 is 16.6 Å². The summed E-state index contributed by atoms with van der Waals surface area (Å²) >= 11 is 0. The highest BCUT2D eigenvalue weighted by Crippen LogP contribution is 2.35. The normalized spacial score (nSPS) is 14.4. The van der Waals surface area contributed by atoms with Crippen LogP contribution in [0.4, 0.5) is 5.69 Å². The molecule has 5 heteroatoms. The lowest BCUT2D eigenvalue weighted by Crippen LogP contribution is -2.20. The van der Waals surface area contributed by atoms with Gasteiger partial charge in [-0.1, -0.05) is 13.8 Å². The van der Waals surface area contributed by atoms with Crippen LogP contribution in [0.5, 0.6) is 0 Å². The molecule has 1 aromatic carbocycles. The standard InChI is InChI=1S/C15H18N2O3/c1-9(2)14(10(3)18)12-6-7-13(17(19)20)11-5-4-8-16-15(11)12/h4-10,14,18H,1-3H3. The predicted octanol–water partition coefficient (Wildman–Crippen LogP) is 3.26. The van der Waals surface area contributed by atoms with Crippen LogP contribution in [0, 0.1) is 16.0 Å². The molecule has 2 aromatic rings. The Labute approximate surface area is 117 Å². The lowest BCUT2D eigenvalue weighted by atomic mass is 9.83. The molecule has 0 amide bonds. The zero-order valence-electron chi connectivity index (χ0n) is 11.8. The molecule has 5 nitrogen and oxygen atoms in total. The largest absolute Gasteiger partial charge is 0.393 e. The number of nitrogens with zero attached hydrogens (tertiary/aromatic N) is 2. The number of aliphatic hydroxyl groups is 1. The van der Waals surface area contributed by atoms with E-state index < -0.39 is 11.0 Å². The van der Waals surface area contributed by atoms with Gasteiger partial charge in [0.15, 0.2) is 0 Å². The van der Waals surface area contributed by atoms with Crippen LogP contribution in [-0.4, -0.2) is 21.1 Å². The van der Waals surface area contributed by atoms with Crippen LogP contribution in [0.25, 0.3) is 10.9 Å². The third-order valence-corrected chi connectivity index (χ3v) is 3.57. The summed E-state index contributed by atoms with van der Waals surface area (Å²) < 4.78 is 0. The first kappa shape index (κ1) is 14.4. The SMILES string of the molecule is CC(C)C(c1ccc([N+](=O)[O-])c2cccnc12)C(C)O. The summed E-state index contributed by atoms with van der Waals surface area (Å²) in [6.07, 6.45) is 1.08. The molecule has 0 radical (unpaired) electrons. The van der Waals surface area contributed by atoms with Gasteiger partial charge in [-0.05, 0) is 36.6 Å². The van der Waals surface area contributed by atoms with Crippen molar-refractivity contribution in [1.29, 1.82) is 0 Å². The van der Waals surface area contributed by atoms with Gasteiger partial charge >= 0.3 is 0 Å². The van der Waals surface area contributed by atoms with Crippen molar-refractivity contribution in [1.82, 2.24) is 4.98 Å². The lowest BCUT2D eigenvalue weighted by molar-refractivity contribution is -0.383. The molecule has 1 aromatic heterocycles. The number of hydrogen-bond donors (Lipinski definition) is 1. The topological polar surface area (TPSA) is 76.3 Å². The van der Waals surface area contributed by atoms with E-state index in [-0.39, 0.29) is 17.5 Å². The first-order valence-electron chi connectivity index (χ1n) is 6.63. The van der Waals surface area contributed by atoms with Gasteiger partial charge in [-0.15, -0.1) is 0 Å². The monoisotopic (exact) mass is 274 g/mol. The Hall–Kier alpha value is -2.01. The van der Waals surface area contributed by atoms with Gasteiger partial charge in [0.1, 0.15) is 0 Å². The third kappa shape index (κ3) is 2.49. The Morgan fingerprint density at radius 3 is 2.50 bits per heavy atom. The van der Waals surface area contributed by atoms with E-state index in [0.717, 1.165) is 5.56 Å². The van der Waals surface area contributed by atoms with E-state index >= 15 is 0 Å². The summed E-state index contributed by atoms with van der Waals surface area (Å²) in [7, 11) is 0. The lowest BCUT2D eigenvalue weighted by Gasteiger charge is -2.25. The summed E-state index contributed by atoms with van der Waals surface area (Å²) in [6, 6.07) is 6.59.